The molecule has 4 aromatic rings. The lowest BCUT2D eigenvalue weighted by atomic mass is 9.92. The molecular weight excluding hydrogens is 507 g/mol. The first-order valence-corrected chi connectivity index (χ1v) is 13.2. The van der Waals surface area contributed by atoms with E-state index in [2.05, 4.69) is 11.1 Å². The van der Waals surface area contributed by atoms with E-state index in [1.54, 1.807) is 47.6 Å². The molecular formula is C31H31FN6O2. The Bertz CT molecular complexity index is 1630. The molecule has 40 heavy (non-hydrogen) atoms. The zero-order valence-electron chi connectivity index (χ0n) is 22.8. The standard InChI is InChI=1S/C31H31FN6O2/c1-31(2,3)17-21(18-33)30(39)37-14-7-8-20(19-37)29-36-26(27-28(34)35-13-15-38(27)29)24-12-11-23(16-25(24)32)40-22-9-5-4-6-10-22/h4-6,9-13,15-17,20H,7-8,14,19H2,1-3H3,(H2,34,35)/b21-17-/t20-/m1/s1. The second kappa shape index (κ2) is 10.8. The molecule has 1 amide bonds. The molecule has 0 bridgehead atoms. The zero-order chi connectivity index (χ0) is 28.4. The second-order valence-electron chi connectivity index (χ2n) is 11.0. The Hall–Kier alpha value is -4.71. The van der Waals surface area contributed by atoms with Gasteiger partial charge in [-0.05, 0) is 42.5 Å². The van der Waals surface area contributed by atoms with Gasteiger partial charge in [-0.15, -0.1) is 0 Å². The SMILES string of the molecule is CC(C)(C)/C=C(/C#N)C(=O)N1CCC[C@@H](c2nc(-c3ccc(Oc4ccccc4)cc3F)c3c(N)nccn23)C1. The molecule has 9 heteroatoms. The van der Waals surface area contributed by atoms with Crippen LogP contribution in [0.15, 0.2) is 72.6 Å². The summed E-state index contributed by atoms with van der Waals surface area (Å²) in [4.78, 5) is 24.1. The molecule has 2 aromatic heterocycles. The summed E-state index contributed by atoms with van der Waals surface area (Å²) in [6.07, 6.45) is 6.57. The first kappa shape index (κ1) is 26.9. The van der Waals surface area contributed by atoms with Gasteiger partial charge in [-0.2, -0.15) is 5.26 Å². The van der Waals surface area contributed by atoms with Crippen LogP contribution in [0.4, 0.5) is 10.2 Å². The number of nitrogen functional groups attached to an aromatic ring is 1. The number of fused-ring (bicyclic) bond motifs is 1. The summed E-state index contributed by atoms with van der Waals surface area (Å²) < 4.78 is 23.1. The van der Waals surface area contributed by atoms with Crippen molar-refractivity contribution in [2.24, 2.45) is 5.41 Å². The number of halogens is 1. The number of piperidine rings is 1. The Morgan fingerprint density at radius 3 is 2.67 bits per heavy atom. The van der Waals surface area contributed by atoms with E-state index in [-0.39, 0.29) is 34.2 Å². The van der Waals surface area contributed by atoms with Crippen molar-refractivity contribution in [3.63, 3.8) is 0 Å². The molecule has 1 aliphatic heterocycles. The molecule has 0 radical (unpaired) electrons. The molecule has 0 spiro atoms. The monoisotopic (exact) mass is 538 g/mol. The van der Waals surface area contributed by atoms with E-state index >= 15 is 4.39 Å². The predicted octanol–water partition coefficient (Wildman–Crippen LogP) is 6.11. The molecule has 204 valence electrons. The molecule has 0 unspecified atom stereocenters. The topological polar surface area (TPSA) is 110 Å². The van der Waals surface area contributed by atoms with Crippen LogP contribution in [-0.4, -0.2) is 38.3 Å². The fourth-order valence-electron chi connectivity index (χ4n) is 5.06. The third-order valence-electron chi connectivity index (χ3n) is 6.79. The van der Waals surface area contributed by atoms with Gasteiger partial charge in [-0.3, -0.25) is 9.20 Å². The number of para-hydroxylation sites is 1. The lowest BCUT2D eigenvalue weighted by Gasteiger charge is -2.32. The highest BCUT2D eigenvalue weighted by atomic mass is 19.1. The first-order chi connectivity index (χ1) is 19.1. The van der Waals surface area contributed by atoms with E-state index in [0.29, 0.717) is 41.6 Å². The van der Waals surface area contributed by atoms with Gasteiger partial charge in [0, 0.05) is 43.0 Å². The third kappa shape index (κ3) is 5.52. The van der Waals surface area contributed by atoms with Gasteiger partial charge >= 0.3 is 0 Å². The van der Waals surface area contributed by atoms with Gasteiger partial charge < -0.3 is 15.4 Å². The molecule has 2 aromatic carbocycles. The lowest BCUT2D eigenvalue weighted by molar-refractivity contribution is -0.128. The minimum atomic E-state index is -0.505. The molecule has 1 atom stereocenters. The summed E-state index contributed by atoms with van der Waals surface area (Å²) >= 11 is 0. The average Bonchev–Trinajstić information content (AvgIpc) is 3.32. The normalized spacial score (nSPS) is 16.1. The van der Waals surface area contributed by atoms with Crippen molar-refractivity contribution in [1.82, 2.24) is 19.3 Å². The summed E-state index contributed by atoms with van der Waals surface area (Å²) in [6.45, 7) is 6.79. The van der Waals surface area contributed by atoms with E-state index < -0.39 is 5.82 Å². The quantitative estimate of drug-likeness (QED) is 0.242. The van der Waals surface area contributed by atoms with Crippen molar-refractivity contribution in [1.29, 1.82) is 5.26 Å². The van der Waals surface area contributed by atoms with Crippen LogP contribution in [-0.2, 0) is 4.79 Å². The van der Waals surface area contributed by atoms with Gasteiger partial charge in [0.1, 0.15) is 51.8 Å². The number of nitrogens with two attached hydrogens (primary N) is 1. The number of allylic oxidation sites excluding steroid dienone is 1. The Kier molecular flexibility index (Phi) is 7.26. The average molecular weight is 539 g/mol. The number of rotatable bonds is 5. The maximum absolute atomic E-state index is 15.5. The minimum absolute atomic E-state index is 0.134. The van der Waals surface area contributed by atoms with Crippen molar-refractivity contribution in [2.75, 3.05) is 18.8 Å². The van der Waals surface area contributed by atoms with Crippen LogP contribution >= 0.6 is 0 Å². The van der Waals surface area contributed by atoms with Crippen LogP contribution < -0.4 is 10.5 Å². The van der Waals surface area contributed by atoms with Crippen molar-refractivity contribution in [3.8, 4) is 28.8 Å². The molecule has 1 aliphatic rings. The van der Waals surface area contributed by atoms with Crippen molar-refractivity contribution >= 4 is 17.2 Å². The Labute approximate surface area is 232 Å². The third-order valence-corrected chi connectivity index (χ3v) is 6.79. The van der Waals surface area contributed by atoms with Gasteiger partial charge in [0.05, 0.1) is 0 Å². The number of likely N-dealkylation sites (tertiary alicyclic amines) is 1. The Morgan fingerprint density at radius 2 is 1.98 bits per heavy atom. The molecule has 0 aliphatic carbocycles. The number of imidazole rings is 1. The lowest BCUT2D eigenvalue weighted by Crippen LogP contribution is -2.40. The zero-order valence-corrected chi connectivity index (χ0v) is 22.8. The number of hydrogen-bond donors (Lipinski definition) is 1. The number of benzene rings is 2. The van der Waals surface area contributed by atoms with E-state index in [1.165, 1.54) is 6.07 Å². The number of amides is 1. The van der Waals surface area contributed by atoms with Gasteiger partial charge in [0.25, 0.3) is 5.91 Å². The van der Waals surface area contributed by atoms with E-state index in [4.69, 9.17) is 15.5 Å². The van der Waals surface area contributed by atoms with E-state index in [9.17, 15) is 10.1 Å². The van der Waals surface area contributed by atoms with Crippen molar-refractivity contribution < 1.29 is 13.9 Å². The summed E-state index contributed by atoms with van der Waals surface area (Å²) in [6, 6.07) is 15.9. The summed E-state index contributed by atoms with van der Waals surface area (Å²) in [5.41, 5.74) is 7.26. The van der Waals surface area contributed by atoms with Crippen molar-refractivity contribution in [2.45, 2.75) is 39.5 Å². The maximum Gasteiger partial charge on any atom is 0.264 e. The highest BCUT2D eigenvalue weighted by Gasteiger charge is 2.31. The Morgan fingerprint density at radius 1 is 1.20 bits per heavy atom. The number of nitriles is 1. The molecule has 1 fully saturated rings. The maximum atomic E-state index is 15.5. The molecule has 3 heterocycles. The molecule has 8 nitrogen and oxygen atoms in total. The predicted molar refractivity (Wildman–Crippen MR) is 151 cm³/mol. The number of carbonyl (C=O) groups is 1. The fourth-order valence-corrected chi connectivity index (χ4v) is 5.06. The number of nitrogens with zero attached hydrogens (tertiary/aromatic N) is 5. The number of ether oxygens (including phenoxy) is 1. The largest absolute Gasteiger partial charge is 0.457 e. The van der Waals surface area contributed by atoms with Crippen LogP contribution in [0.1, 0.15) is 45.4 Å². The molecule has 2 N–H and O–H groups in total. The van der Waals surface area contributed by atoms with Gasteiger partial charge in [-0.1, -0.05) is 45.0 Å². The molecule has 1 saturated heterocycles. The smallest absolute Gasteiger partial charge is 0.264 e. The Balaban J connectivity index is 1.49. The van der Waals surface area contributed by atoms with Crippen LogP contribution in [0, 0.1) is 22.6 Å². The molecule has 5 rings (SSSR count). The van der Waals surface area contributed by atoms with Gasteiger partial charge in [0.15, 0.2) is 0 Å². The summed E-state index contributed by atoms with van der Waals surface area (Å²) in [7, 11) is 0. The van der Waals surface area contributed by atoms with E-state index in [1.807, 2.05) is 43.4 Å². The highest BCUT2D eigenvalue weighted by Crippen LogP contribution is 2.36. The van der Waals surface area contributed by atoms with Crippen LogP contribution in [0.3, 0.4) is 0 Å². The second-order valence-corrected chi connectivity index (χ2v) is 11.0. The minimum Gasteiger partial charge on any atom is -0.457 e. The fraction of sp³-hybridized carbons (Fsp3) is 0.290. The summed E-state index contributed by atoms with van der Waals surface area (Å²) in [5.74, 6) is 0.924. The van der Waals surface area contributed by atoms with E-state index in [0.717, 1.165) is 12.8 Å². The number of carbonyl (C=O) groups excluding carboxylic acids is 1. The summed E-state index contributed by atoms with van der Waals surface area (Å²) in [5, 5.41) is 9.66. The van der Waals surface area contributed by atoms with Crippen LogP contribution in [0.2, 0.25) is 0 Å². The number of aromatic nitrogens is 3. The number of anilines is 1. The molecule has 0 saturated carbocycles. The van der Waals surface area contributed by atoms with Crippen molar-refractivity contribution in [3.05, 3.63) is 84.2 Å². The van der Waals surface area contributed by atoms with Crippen LogP contribution in [0.5, 0.6) is 11.5 Å². The number of hydrogen-bond acceptors (Lipinski definition) is 6. The van der Waals surface area contributed by atoms with Gasteiger partial charge in [0.2, 0.25) is 0 Å². The highest BCUT2D eigenvalue weighted by molar-refractivity contribution is 5.97. The van der Waals surface area contributed by atoms with Crippen LogP contribution in [0.25, 0.3) is 16.8 Å². The first-order valence-electron chi connectivity index (χ1n) is 13.2. The van der Waals surface area contributed by atoms with Gasteiger partial charge in [-0.25, -0.2) is 14.4 Å².